The Morgan fingerprint density at radius 3 is 2.68 bits per heavy atom. The van der Waals surface area contributed by atoms with E-state index in [1.807, 2.05) is 45.3 Å². The highest BCUT2D eigenvalue weighted by Gasteiger charge is 2.19. The van der Waals surface area contributed by atoms with E-state index in [9.17, 15) is 14.4 Å². The van der Waals surface area contributed by atoms with Gasteiger partial charge in [0.25, 0.3) is 5.91 Å². The van der Waals surface area contributed by atoms with Crippen LogP contribution in [-0.4, -0.2) is 55.1 Å². The van der Waals surface area contributed by atoms with Gasteiger partial charge in [-0.2, -0.15) is 0 Å². The molecule has 0 saturated heterocycles. The summed E-state index contributed by atoms with van der Waals surface area (Å²) in [5, 5.41) is 2.94. The smallest absolute Gasteiger partial charge is 0.420 e. The van der Waals surface area contributed by atoms with Crippen molar-refractivity contribution < 1.29 is 18.7 Å². The van der Waals surface area contributed by atoms with Gasteiger partial charge in [0, 0.05) is 12.1 Å². The van der Waals surface area contributed by atoms with E-state index in [4.69, 9.17) is 9.15 Å². The second kappa shape index (κ2) is 11.7. The Morgan fingerprint density at radius 1 is 1.15 bits per heavy atom. The van der Waals surface area contributed by atoms with E-state index in [0.29, 0.717) is 29.8 Å². The first-order valence-electron chi connectivity index (χ1n) is 11.6. The highest BCUT2D eigenvalue weighted by Crippen LogP contribution is 2.24. The lowest BCUT2D eigenvalue weighted by molar-refractivity contribution is -0.142. The number of nitrogens with zero attached hydrogens (tertiary/aromatic N) is 2. The number of fused-ring (bicyclic) bond motifs is 1. The minimum atomic E-state index is -0.500. The van der Waals surface area contributed by atoms with Crippen LogP contribution in [0.15, 0.2) is 51.7 Å². The molecule has 34 heavy (non-hydrogen) atoms. The molecule has 1 amide bonds. The first-order chi connectivity index (χ1) is 16.3. The fraction of sp³-hybridized carbons (Fsp3) is 0.423. The minimum Gasteiger partial charge on any atom is -0.466 e. The van der Waals surface area contributed by atoms with Crippen LogP contribution in [0.5, 0.6) is 0 Å². The van der Waals surface area contributed by atoms with Crippen molar-refractivity contribution in [1.82, 2.24) is 14.8 Å². The molecule has 2 aromatic carbocycles. The molecule has 8 heteroatoms. The van der Waals surface area contributed by atoms with Crippen molar-refractivity contribution in [2.24, 2.45) is 0 Å². The summed E-state index contributed by atoms with van der Waals surface area (Å²) >= 11 is 0. The van der Waals surface area contributed by atoms with Crippen molar-refractivity contribution >= 4 is 23.0 Å². The van der Waals surface area contributed by atoms with Gasteiger partial charge >= 0.3 is 11.7 Å². The van der Waals surface area contributed by atoms with Crippen molar-refractivity contribution in [1.29, 1.82) is 0 Å². The summed E-state index contributed by atoms with van der Waals surface area (Å²) in [6, 6.07) is 12.1. The summed E-state index contributed by atoms with van der Waals surface area (Å²) in [6.07, 6.45) is 2.05. The maximum absolute atomic E-state index is 12.7. The van der Waals surface area contributed by atoms with Crippen molar-refractivity contribution in [2.75, 3.05) is 33.8 Å². The van der Waals surface area contributed by atoms with E-state index in [1.54, 1.807) is 25.1 Å². The molecule has 8 nitrogen and oxygen atoms in total. The monoisotopic (exact) mass is 467 g/mol. The van der Waals surface area contributed by atoms with Crippen LogP contribution in [0.3, 0.4) is 0 Å². The van der Waals surface area contributed by atoms with E-state index < -0.39 is 5.76 Å². The highest BCUT2D eigenvalue weighted by atomic mass is 16.5. The molecule has 0 saturated carbocycles. The number of carbonyl (C=O) groups excluding carboxylic acids is 2. The number of ether oxygens (including phenoxy) is 1. The Labute approximate surface area is 199 Å². The molecule has 0 aliphatic carbocycles. The number of carbonyl (C=O) groups is 2. The predicted molar refractivity (Wildman–Crippen MR) is 131 cm³/mol. The van der Waals surface area contributed by atoms with Crippen LogP contribution in [0.25, 0.3) is 11.1 Å². The number of oxazole rings is 1. The predicted octanol–water partition coefficient (Wildman–Crippen LogP) is 3.38. The number of aromatic nitrogens is 1. The van der Waals surface area contributed by atoms with Gasteiger partial charge in [0.15, 0.2) is 5.58 Å². The number of nitrogens with one attached hydrogen (secondary N) is 1. The van der Waals surface area contributed by atoms with Gasteiger partial charge in [0.1, 0.15) is 0 Å². The van der Waals surface area contributed by atoms with Gasteiger partial charge < -0.3 is 19.4 Å². The van der Waals surface area contributed by atoms with E-state index in [-0.39, 0.29) is 24.3 Å². The fourth-order valence-electron chi connectivity index (χ4n) is 3.89. The molecule has 1 N–H and O–H groups in total. The van der Waals surface area contributed by atoms with Crippen molar-refractivity contribution in [3.05, 3.63) is 69.7 Å². The number of rotatable bonds is 11. The highest BCUT2D eigenvalue weighted by molar-refractivity contribution is 5.97. The molecule has 0 spiro atoms. The molecule has 182 valence electrons. The quantitative estimate of drug-likeness (QED) is 0.343. The van der Waals surface area contributed by atoms with Crippen molar-refractivity contribution in [2.45, 2.75) is 39.2 Å². The second-order valence-corrected chi connectivity index (χ2v) is 8.59. The molecular formula is C26H33N3O5. The van der Waals surface area contributed by atoms with Crippen LogP contribution in [0.4, 0.5) is 0 Å². The molecule has 1 heterocycles. The van der Waals surface area contributed by atoms with Gasteiger partial charge in [-0.1, -0.05) is 24.3 Å². The van der Waals surface area contributed by atoms with E-state index >= 15 is 0 Å². The van der Waals surface area contributed by atoms with Crippen LogP contribution in [0, 0.1) is 0 Å². The van der Waals surface area contributed by atoms with Crippen LogP contribution in [0.2, 0.25) is 0 Å². The van der Waals surface area contributed by atoms with Gasteiger partial charge in [-0.3, -0.25) is 14.2 Å². The largest absolute Gasteiger partial charge is 0.466 e. The molecule has 0 aliphatic rings. The third kappa shape index (κ3) is 6.35. The van der Waals surface area contributed by atoms with Gasteiger partial charge in [-0.15, -0.1) is 0 Å². The van der Waals surface area contributed by atoms with E-state index in [2.05, 4.69) is 10.2 Å². The number of hydrogen-bond donors (Lipinski definition) is 1. The Hall–Kier alpha value is -3.39. The molecule has 1 aromatic heterocycles. The second-order valence-electron chi connectivity index (χ2n) is 8.59. The van der Waals surface area contributed by atoms with Crippen LogP contribution >= 0.6 is 0 Å². The molecule has 0 bridgehead atoms. The minimum absolute atomic E-state index is 0.161. The third-order valence-electron chi connectivity index (χ3n) is 5.67. The van der Waals surface area contributed by atoms with Crippen molar-refractivity contribution in [3.63, 3.8) is 0 Å². The maximum atomic E-state index is 12.7. The molecule has 0 radical (unpaired) electrons. The van der Waals surface area contributed by atoms with E-state index in [0.717, 1.165) is 30.5 Å². The van der Waals surface area contributed by atoms with Gasteiger partial charge in [0.2, 0.25) is 0 Å². The normalized spacial score (nSPS) is 12.1. The molecule has 1 atom stereocenters. The lowest BCUT2D eigenvalue weighted by atomic mass is 10.0. The molecule has 0 fully saturated rings. The average Bonchev–Trinajstić information content (AvgIpc) is 3.13. The lowest BCUT2D eigenvalue weighted by Crippen LogP contribution is -2.25. The number of esters is 1. The standard InChI is InChI=1S/C26H33N3O5/c1-5-33-24(30)16-19-9-8-10-20(15-19)18(2)29-22-17-21(11-12-23(22)34-26(29)32)25(31)27-13-6-7-14-28(3)4/h8-12,15,17-18H,5-7,13-14,16H2,1-4H3,(H,27,31). The summed E-state index contributed by atoms with van der Waals surface area (Å²) in [6.45, 7) is 5.55. The number of hydrogen-bond acceptors (Lipinski definition) is 6. The molecule has 3 rings (SSSR count). The summed E-state index contributed by atoms with van der Waals surface area (Å²) in [5.74, 6) is -0.980. The van der Waals surface area contributed by atoms with Gasteiger partial charge in [0.05, 0.1) is 24.6 Å². The first kappa shape index (κ1) is 25.2. The number of benzene rings is 2. The number of unbranched alkanes of at least 4 members (excludes halogenated alkanes) is 1. The molecular weight excluding hydrogens is 434 g/mol. The Bertz CT molecular complexity index is 1190. The number of amides is 1. The average molecular weight is 468 g/mol. The zero-order valence-corrected chi connectivity index (χ0v) is 20.3. The van der Waals surface area contributed by atoms with Crippen molar-refractivity contribution in [3.8, 4) is 0 Å². The topological polar surface area (TPSA) is 93.8 Å². The zero-order chi connectivity index (χ0) is 24.7. The van der Waals surface area contributed by atoms with Crippen LogP contribution in [-0.2, 0) is 16.0 Å². The molecule has 1 unspecified atom stereocenters. The van der Waals surface area contributed by atoms with Gasteiger partial charge in [-0.25, -0.2) is 4.79 Å². The first-order valence-corrected chi connectivity index (χ1v) is 11.6. The fourth-order valence-corrected chi connectivity index (χ4v) is 3.89. The summed E-state index contributed by atoms with van der Waals surface area (Å²) < 4.78 is 12.0. The summed E-state index contributed by atoms with van der Waals surface area (Å²) in [7, 11) is 4.05. The SMILES string of the molecule is CCOC(=O)Cc1cccc(C(C)n2c(=O)oc3ccc(C(=O)NCCCCN(C)C)cc32)c1. The lowest BCUT2D eigenvalue weighted by Gasteiger charge is -2.15. The van der Waals surface area contributed by atoms with Crippen LogP contribution in [0.1, 0.15) is 54.2 Å². The summed E-state index contributed by atoms with van der Waals surface area (Å²) in [5.41, 5.74) is 3.09. The van der Waals surface area contributed by atoms with Gasteiger partial charge in [-0.05, 0) is 76.7 Å². The Kier molecular flexibility index (Phi) is 8.65. The molecule has 0 aliphatic heterocycles. The third-order valence-corrected chi connectivity index (χ3v) is 5.67. The zero-order valence-electron chi connectivity index (χ0n) is 20.3. The molecule has 3 aromatic rings. The summed E-state index contributed by atoms with van der Waals surface area (Å²) in [4.78, 5) is 39.3. The Balaban J connectivity index is 1.80. The maximum Gasteiger partial charge on any atom is 0.420 e. The van der Waals surface area contributed by atoms with Crippen LogP contribution < -0.4 is 11.1 Å². The Morgan fingerprint density at radius 2 is 1.94 bits per heavy atom. The van der Waals surface area contributed by atoms with E-state index in [1.165, 1.54) is 4.57 Å².